The first kappa shape index (κ1) is 16.1. The molecule has 1 aromatic heterocycles. The number of benzene rings is 1. The Hall–Kier alpha value is -1.31. The van der Waals surface area contributed by atoms with E-state index in [-0.39, 0.29) is 11.1 Å². The summed E-state index contributed by atoms with van der Waals surface area (Å²) in [7, 11) is 0. The van der Waals surface area contributed by atoms with Gasteiger partial charge in [-0.05, 0) is 24.6 Å². The molecule has 0 fully saturated rings. The second-order valence-corrected chi connectivity index (χ2v) is 6.65. The van der Waals surface area contributed by atoms with Crippen molar-refractivity contribution in [1.82, 2.24) is 10.3 Å². The molecule has 0 unspecified atom stereocenters. The number of rotatable bonds is 6. The van der Waals surface area contributed by atoms with Crippen LogP contribution < -0.4 is 10.6 Å². The first-order valence-corrected chi connectivity index (χ1v) is 8.41. The molecular weight excluding hydrogens is 333 g/mol. The third-order valence-corrected chi connectivity index (χ3v) is 4.79. The molecule has 8 heteroatoms. The van der Waals surface area contributed by atoms with Crippen LogP contribution in [0.3, 0.4) is 0 Å². The molecule has 2 amide bonds. The molecule has 0 radical (unpaired) electrons. The monoisotopic (exact) mass is 345 g/mol. The molecule has 0 aliphatic heterocycles. The Morgan fingerprint density at radius 1 is 1.48 bits per heavy atom. The van der Waals surface area contributed by atoms with Crippen LogP contribution in [-0.2, 0) is 0 Å². The number of thioether (sulfide) groups is 1. The molecule has 2 rings (SSSR count). The van der Waals surface area contributed by atoms with Crippen LogP contribution in [-0.4, -0.2) is 23.3 Å². The van der Waals surface area contributed by atoms with Crippen LogP contribution in [0, 0.1) is 5.82 Å². The second kappa shape index (κ2) is 8.21. The van der Waals surface area contributed by atoms with Crippen LogP contribution in [0.1, 0.15) is 6.42 Å². The van der Waals surface area contributed by atoms with E-state index in [1.54, 1.807) is 29.3 Å². The highest BCUT2D eigenvalue weighted by Crippen LogP contribution is 2.22. The molecule has 4 nitrogen and oxygen atoms in total. The molecule has 0 saturated heterocycles. The second-order valence-electron chi connectivity index (χ2n) is 4.01. The Balaban J connectivity index is 1.65. The van der Waals surface area contributed by atoms with Gasteiger partial charge in [-0.2, -0.15) is 0 Å². The molecule has 0 atom stereocenters. The molecular formula is C13H13ClFN3OS2. The molecule has 2 aromatic rings. The Bertz CT molecular complexity index is 595. The number of hydrogen-bond donors (Lipinski definition) is 2. The normalized spacial score (nSPS) is 10.4. The largest absolute Gasteiger partial charge is 0.338 e. The summed E-state index contributed by atoms with van der Waals surface area (Å²) in [6.45, 7) is 0.545. The van der Waals surface area contributed by atoms with Crippen molar-refractivity contribution in [3.63, 3.8) is 0 Å². The lowest BCUT2D eigenvalue weighted by Gasteiger charge is -2.08. The maximum absolute atomic E-state index is 12.9. The predicted molar refractivity (Wildman–Crippen MR) is 85.9 cm³/mol. The van der Waals surface area contributed by atoms with Crippen molar-refractivity contribution < 1.29 is 9.18 Å². The number of nitrogens with one attached hydrogen (secondary N) is 2. The zero-order valence-electron chi connectivity index (χ0n) is 10.9. The third kappa shape index (κ3) is 5.53. The summed E-state index contributed by atoms with van der Waals surface area (Å²) in [6, 6.07) is 3.46. The van der Waals surface area contributed by atoms with Gasteiger partial charge in [0.25, 0.3) is 0 Å². The number of urea groups is 1. The van der Waals surface area contributed by atoms with Gasteiger partial charge in [0, 0.05) is 23.9 Å². The number of hydrogen-bond acceptors (Lipinski definition) is 4. The predicted octanol–water partition coefficient (Wildman–Crippen LogP) is 4.24. The molecule has 0 spiro atoms. The van der Waals surface area contributed by atoms with E-state index < -0.39 is 5.82 Å². The van der Waals surface area contributed by atoms with Crippen molar-refractivity contribution >= 4 is 46.4 Å². The van der Waals surface area contributed by atoms with Crippen molar-refractivity contribution in [2.75, 3.05) is 17.6 Å². The summed E-state index contributed by atoms with van der Waals surface area (Å²) in [6.07, 6.45) is 2.60. The SMILES string of the molecule is O=C(NCCCSc1nccs1)Nc1ccc(F)cc1Cl. The van der Waals surface area contributed by atoms with Gasteiger partial charge in [0.1, 0.15) is 10.2 Å². The van der Waals surface area contributed by atoms with E-state index >= 15 is 0 Å². The Morgan fingerprint density at radius 3 is 3.05 bits per heavy atom. The van der Waals surface area contributed by atoms with E-state index in [0.29, 0.717) is 12.2 Å². The minimum atomic E-state index is -0.440. The number of aromatic nitrogens is 1. The van der Waals surface area contributed by atoms with E-state index in [4.69, 9.17) is 11.6 Å². The third-order valence-electron chi connectivity index (χ3n) is 2.42. The number of carbonyl (C=O) groups is 1. The van der Waals surface area contributed by atoms with Gasteiger partial charge in [-0.3, -0.25) is 0 Å². The summed E-state index contributed by atoms with van der Waals surface area (Å²) in [5.41, 5.74) is 0.382. The van der Waals surface area contributed by atoms with E-state index in [2.05, 4.69) is 15.6 Å². The number of anilines is 1. The van der Waals surface area contributed by atoms with Crippen LogP contribution in [0.4, 0.5) is 14.9 Å². The average Bonchev–Trinajstić information content (AvgIpc) is 2.95. The highest BCUT2D eigenvalue weighted by atomic mass is 35.5. The lowest BCUT2D eigenvalue weighted by Crippen LogP contribution is -2.29. The Labute approximate surface area is 135 Å². The van der Waals surface area contributed by atoms with E-state index in [0.717, 1.165) is 22.6 Å². The first-order chi connectivity index (χ1) is 10.1. The van der Waals surface area contributed by atoms with Gasteiger partial charge < -0.3 is 10.6 Å². The molecule has 112 valence electrons. The van der Waals surface area contributed by atoms with Gasteiger partial charge in [0.2, 0.25) is 0 Å². The summed E-state index contributed by atoms with van der Waals surface area (Å²) in [5.74, 6) is 0.440. The van der Waals surface area contributed by atoms with Crippen LogP contribution in [0.2, 0.25) is 5.02 Å². The van der Waals surface area contributed by atoms with Gasteiger partial charge in [-0.15, -0.1) is 11.3 Å². The van der Waals surface area contributed by atoms with Crippen LogP contribution in [0.15, 0.2) is 34.1 Å². The van der Waals surface area contributed by atoms with Crippen molar-refractivity contribution in [3.8, 4) is 0 Å². The highest BCUT2D eigenvalue weighted by molar-refractivity contribution is 8.00. The minimum absolute atomic E-state index is 0.171. The zero-order valence-corrected chi connectivity index (χ0v) is 13.3. The Kier molecular flexibility index (Phi) is 6.28. The lowest BCUT2D eigenvalue weighted by atomic mass is 10.3. The number of thiazole rings is 1. The smallest absolute Gasteiger partial charge is 0.319 e. The number of carbonyl (C=O) groups excluding carboxylic acids is 1. The van der Waals surface area contributed by atoms with Crippen molar-refractivity contribution in [2.45, 2.75) is 10.8 Å². The zero-order chi connectivity index (χ0) is 15.1. The molecule has 0 aliphatic carbocycles. The van der Waals surface area contributed by atoms with Gasteiger partial charge in [-0.25, -0.2) is 14.2 Å². The maximum atomic E-state index is 12.9. The highest BCUT2D eigenvalue weighted by Gasteiger charge is 2.06. The summed E-state index contributed by atoms with van der Waals surface area (Å²) < 4.78 is 13.9. The minimum Gasteiger partial charge on any atom is -0.338 e. The number of halogens is 2. The van der Waals surface area contributed by atoms with Gasteiger partial charge in [0.05, 0.1) is 10.7 Å². The molecule has 1 heterocycles. The van der Waals surface area contributed by atoms with Crippen molar-refractivity contribution in [2.24, 2.45) is 0 Å². The number of nitrogens with zero attached hydrogens (tertiary/aromatic N) is 1. The van der Waals surface area contributed by atoms with E-state index in [1.807, 2.05) is 5.38 Å². The fraction of sp³-hybridized carbons (Fsp3) is 0.231. The molecule has 1 aromatic carbocycles. The summed E-state index contributed by atoms with van der Waals surface area (Å²) >= 11 is 9.08. The van der Waals surface area contributed by atoms with Gasteiger partial charge in [0.15, 0.2) is 0 Å². The van der Waals surface area contributed by atoms with Crippen molar-refractivity contribution in [1.29, 1.82) is 0 Å². The molecule has 0 bridgehead atoms. The molecule has 21 heavy (non-hydrogen) atoms. The van der Waals surface area contributed by atoms with Crippen molar-refractivity contribution in [3.05, 3.63) is 40.6 Å². The summed E-state index contributed by atoms with van der Waals surface area (Å²) in [5, 5.41) is 7.40. The fourth-order valence-corrected chi connectivity index (χ4v) is 3.33. The first-order valence-electron chi connectivity index (χ1n) is 6.17. The van der Waals surface area contributed by atoms with Crippen LogP contribution in [0.25, 0.3) is 0 Å². The molecule has 0 saturated carbocycles. The summed E-state index contributed by atoms with van der Waals surface area (Å²) in [4.78, 5) is 15.8. The van der Waals surface area contributed by atoms with Crippen LogP contribution >= 0.6 is 34.7 Å². The lowest BCUT2D eigenvalue weighted by molar-refractivity contribution is 0.252. The number of amides is 2. The topological polar surface area (TPSA) is 54.0 Å². The molecule has 2 N–H and O–H groups in total. The Morgan fingerprint density at radius 2 is 2.33 bits per heavy atom. The quantitative estimate of drug-likeness (QED) is 0.608. The van der Waals surface area contributed by atoms with Gasteiger partial charge in [-0.1, -0.05) is 23.4 Å². The fourth-order valence-electron chi connectivity index (χ4n) is 1.47. The van der Waals surface area contributed by atoms with Crippen LogP contribution in [0.5, 0.6) is 0 Å². The van der Waals surface area contributed by atoms with E-state index in [9.17, 15) is 9.18 Å². The van der Waals surface area contributed by atoms with E-state index in [1.165, 1.54) is 12.1 Å². The maximum Gasteiger partial charge on any atom is 0.319 e. The van der Waals surface area contributed by atoms with Gasteiger partial charge >= 0.3 is 6.03 Å². The molecule has 0 aliphatic rings. The average molecular weight is 346 g/mol. The standard InChI is InChI=1S/C13H13ClFN3OS2/c14-10-8-9(15)2-3-11(10)18-12(19)16-4-1-6-20-13-17-5-7-21-13/h2-3,5,7-8H,1,4,6H2,(H2,16,18,19).